The molecule has 0 heterocycles. The molecule has 4 N–H and O–H groups in total. The Bertz CT molecular complexity index is 497. The highest BCUT2D eigenvalue weighted by molar-refractivity contribution is 5.95. The fourth-order valence-corrected chi connectivity index (χ4v) is 1.49. The van der Waals surface area contributed by atoms with E-state index in [2.05, 4.69) is 10.6 Å². The molecule has 0 saturated carbocycles. The van der Waals surface area contributed by atoms with Crippen LogP contribution in [0.4, 0.5) is 0 Å². The second-order valence-corrected chi connectivity index (χ2v) is 4.85. The second kappa shape index (κ2) is 5.60. The van der Waals surface area contributed by atoms with Gasteiger partial charge in [-0.15, -0.1) is 0 Å². The number of hydrogen-bond donors (Lipinski definition) is 4. The van der Waals surface area contributed by atoms with Gasteiger partial charge in [0.2, 0.25) is 5.91 Å². The van der Waals surface area contributed by atoms with Crippen LogP contribution in [0.25, 0.3) is 0 Å². The van der Waals surface area contributed by atoms with Crippen LogP contribution in [0.15, 0.2) is 18.2 Å². The van der Waals surface area contributed by atoms with Gasteiger partial charge in [0.05, 0.1) is 5.41 Å². The van der Waals surface area contributed by atoms with Crippen LogP contribution in [0, 0.1) is 5.41 Å². The molecule has 6 nitrogen and oxygen atoms in total. The van der Waals surface area contributed by atoms with E-state index in [9.17, 15) is 14.7 Å². The van der Waals surface area contributed by atoms with Crippen molar-refractivity contribution < 1.29 is 19.8 Å². The molecule has 0 aliphatic carbocycles. The monoisotopic (exact) mass is 266 g/mol. The average molecular weight is 266 g/mol. The molecule has 0 spiro atoms. The Morgan fingerprint density at radius 1 is 1.21 bits per heavy atom. The third-order valence-electron chi connectivity index (χ3n) is 2.77. The molecule has 0 aromatic heterocycles. The molecule has 0 fully saturated rings. The number of phenols is 2. The fraction of sp³-hybridized carbons (Fsp3) is 0.385. The third-order valence-corrected chi connectivity index (χ3v) is 2.77. The summed E-state index contributed by atoms with van der Waals surface area (Å²) in [6.45, 7) is 3.58. The predicted molar refractivity (Wildman–Crippen MR) is 70.0 cm³/mol. The van der Waals surface area contributed by atoms with E-state index in [1.165, 1.54) is 19.2 Å². The summed E-state index contributed by atoms with van der Waals surface area (Å²) in [5.41, 5.74) is -0.522. The normalized spacial score (nSPS) is 10.9. The summed E-state index contributed by atoms with van der Waals surface area (Å²) in [5.74, 6) is -1.26. The number of aromatic hydroxyl groups is 2. The molecule has 0 aliphatic rings. The first-order chi connectivity index (χ1) is 8.77. The van der Waals surface area contributed by atoms with E-state index in [1.54, 1.807) is 13.8 Å². The molecule has 0 unspecified atom stereocenters. The number of carbonyl (C=O) groups excluding carboxylic acids is 2. The molecule has 1 aromatic rings. The summed E-state index contributed by atoms with van der Waals surface area (Å²) in [6, 6.07) is 3.78. The first-order valence-electron chi connectivity index (χ1n) is 5.80. The van der Waals surface area contributed by atoms with Gasteiger partial charge in [-0.25, -0.2) is 0 Å². The Kier molecular flexibility index (Phi) is 4.37. The predicted octanol–water partition coefficient (Wildman–Crippen LogP) is 0.600. The van der Waals surface area contributed by atoms with E-state index in [4.69, 9.17) is 5.11 Å². The molecule has 0 saturated heterocycles. The Balaban J connectivity index is 2.70. The van der Waals surface area contributed by atoms with Crippen molar-refractivity contribution >= 4 is 11.8 Å². The highest BCUT2D eigenvalue weighted by atomic mass is 16.3. The van der Waals surface area contributed by atoms with Crippen molar-refractivity contribution in [3.63, 3.8) is 0 Å². The average Bonchev–Trinajstić information content (AvgIpc) is 2.38. The van der Waals surface area contributed by atoms with Gasteiger partial charge in [0.15, 0.2) is 11.5 Å². The largest absolute Gasteiger partial charge is 0.504 e. The van der Waals surface area contributed by atoms with Crippen LogP contribution >= 0.6 is 0 Å². The highest BCUT2D eigenvalue weighted by Crippen LogP contribution is 2.24. The number of carbonyl (C=O) groups is 2. The maximum absolute atomic E-state index is 11.8. The first kappa shape index (κ1) is 14.8. The van der Waals surface area contributed by atoms with Crippen LogP contribution in [0.3, 0.4) is 0 Å². The zero-order valence-corrected chi connectivity index (χ0v) is 11.2. The van der Waals surface area contributed by atoms with Gasteiger partial charge in [-0.1, -0.05) is 0 Å². The van der Waals surface area contributed by atoms with Gasteiger partial charge in [0.25, 0.3) is 5.91 Å². The molecule has 2 amide bonds. The van der Waals surface area contributed by atoms with Crippen molar-refractivity contribution in [3.8, 4) is 11.5 Å². The molecule has 0 radical (unpaired) electrons. The van der Waals surface area contributed by atoms with Gasteiger partial charge in [-0.3, -0.25) is 9.59 Å². The van der Waals surface area contributed by atoms with Crippen LogP contribution < -0.4 is 10.6 Å². The fourth-order valence-electron chi connectivity index (χ4n) is 1.49. The SMILES string of the molecule is CNC(=O)C(C)(C)CNC(=O)c1ccc(O)c(O)c1. The van der Waals surface area contributed by atoms with Gasteiger partial charge < -0.3 is 20.8 Å². The molecule has 0 bridgehead atoms. The van der Waals surface area contributed by atoms with Crippen molar-refractivity contribution in [1.29, 1.82) is 0 Å². The van der Waals surface area contributed by atoms with E-state index in [1.807, 2.05) is 0 Å². The maximum atomic E-state index is 11.8. The van der Waals surface area contributed by atoms with Crippen LogP contribution in [0.2, 0.25) is 0 Å². The summed E-state index contributed by atoms with van der Waals surface area (Å²) < 4.78 is 0. The Morgan fingerprint density at radius 2 is 1.84 bits per heavy atom. The molecule has 1 aromatic carbocycles. The molecule has 0 atom stereocenters. The van der Waals surface area contributed by atoms with Gasteiger partial charge in [-0.2, -0.15) is 0 Å². The van der Waals surface area contributed by atoms with Gasteiger partial charge >= 0.3 is 0 Å². The zero-order valence-electron chi connectivity index (χ0n) is 11.2. The van der Waals surface area contributed by atoms with Crippen molar-refractivity contribution in [2.24, 2.45) is 5.41 Å². The summed E-state index contributed by atoms with van der Waals surface area (Å²) in [7, 11) is 1.53. The van der Waals surface area contributed by atoms with E-state index >= 15 is 0 Å². The van der Waals surface area contributed by atoms with E-state index in [-0.39, 0.29) is 29.5 Å². The number of nitrogens with one attached hydrogen (secondary N) is 2. The number of benzene rings is 1. The Hall–Kier alpha value is -2.24. The van der Waals surface area contributed by atoms with Crippen LogP contribution in [0.5, 0.6) is 11.5 Å². The van der Waals surface area contributed by atoms with Crippen molar-refractivity contribution in [2.45, 2.75) is 13.8 Å². The minimum Gasteiger partial charge on any atom is -0.504 e. The van der Waals surface area contributed by atoms with Crippen LogP contribution in [-0.4, -0.2) is 35.6 Å². The lowest BCUT2D eigenvalue weighted by molar-refractivity contribution is -0.128. The Morgan fingerprint density at radius 3 is 2.37 bits per heavy atom. The maximum Gasteiger partial charge on any atom is 0.251 e. The molecule has 1 rings (SSSR count). The van der Waals surface area contributed by atoms with Gasteiger partial charge in [-0.05, 0) is 32.0 Å². The molecular weight excluding hydrogens is 248 g/mol. The van der Waals surface area contributed by atoms with Gasteiger partial charge in [0.1, 0.15) is 0 Å². The van der Waals surface area contributed by atoms with E-state index in [0.717, 1.165) is 6.07 Å². The standard InChI is InChI=1S/C13H18N2O4/c1-13(2,12(19)14-3)7-15-11(18)8-4-5-9(16)10(17)6-8/h4-6,16-17H,7H2,1-3H3,(H,14,19)(H,15,18). The quantitative estimate of drug-likeness (QED) is 0.600. The second-order valence-electron chi connectivity index (χ2n) is 4.85. The van der Waals surface area contributed by atoms with Crippen LogP contribution in [-0.2, 0) is 4.79 Å². The van der Waals surface area contributed by atoms with E-state index in [0.29, 0.717) is 0 Å². The van der Waals surface area contributed by atoms with Crippen molar-refractivity contribution in [3.05, 3.63) is 23.8 Å². The van der Waals surface area contributed by atoms with E-state index < -0.39 is 11.3 Å². The van der Waals surface area contributed by atoms with Crippen LogP contribution in [0.1, 0.15) is 24.2 Å². The van der Waals surface area contributed by atoms with Crippen molar-refractivity contribution in [2.75, 3.05) is 13.6 Å². The number of rotatable bonds is 4. The molecular formula is C13H18N2O4. The lowest BCUT2D eigenvalue weighted by atomic mass is 9.92. The highest BCUT2D eigenvalue weighted by Gasteiger charge is 2.27. The summed E-state index contributed by atoms with van der Waals surface area (Å²) >= 11 is 0. The lowest BCUT2D eigenvalue weighted by Crippen LogP contribution is -2.43. The molecule has 19 heavy (non-hydrogen) atoms. The molecule has 6 heteroatoms. The Labute approximate surface area is 111 Å². The minimum absolute atomic E-state index is 0.160. The third kappa shape index (κ3) is 3.61. The number of amides is 2. The minimum atomic E-state index is -0.733. The smallest absolute Gasteiger partial charge is 0.251 e. The summed E-state index contributed by atoms with van der Waals surface area (Å²) in [5, 5.41) is 23.6. The number of hydrogen-bond acceptors (Lipinski definition) is 4. The lowest BCUT2D eigenvalue weighted by Gasteiger charge is -2.22. The van der Waals surface area contributed by atoms with Gasteiger partial charge in [0, 0.05) is 19.2 Å². The summed E-state index contributed by atoms with van der Waals surface area (Å²) in [4.78, 5) is 23.4. The number of phenolic OH excluding ortho intramolecular Hbond substituents is 2. The first-order valence-corrected chi connectivity index (χ1v) is 5.80. The molecule has 0 aliphatic heterocycles. The zero-order chi connectivity index (χ0) is 14.6. The van der Waals surface area contributed by atoms with Crippen molar-refractivity contribution in [1.82, 2.24) is 10.6 Å². The molecule has 104 valence electrons. The topological polar surface area (TPSA) is 98.7 Å². The summed E-state index contributed by atoms with van der Waals surface area (Å²) in [6.07, 6.45) is 0.